The lowest BCUT2D eigenvalue weighted by atomic mass is 9.94. The standard InChI is InChI=1S/C25H22ClN5OS/c1-15(2)17-5-7-18(8-6-17)23-20(11-27)24(29)31-25(21(23)12-28)33-14-22(32)30-13-16-3-9-19(26)10-4-16/h3-10,15H,13-14H2,1-2H3,(H2,29,31)(H,30,32). The highest BCUT2D eigenvalue weighted by atomic mass is 35.5. The first-order valence-corrected chi connectivity index (χ1v) is 11.6. The number of hydrogen-bond donors (Lipinski definition) is 2. The largest absolute Gasteiger partial charge is 0.383 e. The summed E-state index contributed by atoms with van der Waals surface area (Å²) in [5.74, 6) is 0.214. The van der Waals surface area contributed by atoms with Gasteiger partial charge in [0.05, 0.1) is 11.3 Å². The Balaban J connectivity index is 1.83. The van der Waals surface area contributed by atoms with E-state index in [2.05, 4.69) is 36.3 Å². The Bertz CT molecular complexity index is 1240. The first-order chi connectivity index (χ1) is 15.8. The van der Waals surface area contributed by atoms with Crippen LogP contribution in [0.15, 0.2) is 53.6 Å². The van der Waals surface area contributed by atoms with Crippen LogP contribution in [0, 0.1) is 22.7 Å². The normalized spacial score (nSPS) is 10.5. The van der Waals surface area contributed by atoms with E-state index in [1.54, 1.807) is 12.1 Å². The summed E-state index contributed by atoms with van der Waals surface area (Å²) in [4.78, 5) is 16.6. The molecule has 0 fully saturated rings. The molecular weight excluding hydrogens is 454 g/mol. The fourth-order valence-electron chi connectivity index (χ4n) is 3.21. The average Bonchev–Trinajstić information content (AvgIpc) is 2.81. The lowest BCUT2D eigenvalue weighted by Crippen LogP contribution is -2.24. The Kier molecular flexibility index (Phi) is 7.95. The number of thioether (sulfide) groups is 1. The molecule has 8 heteroatoms. The van der Waals surface area contributed by atoms with Crippen molar-refractivity contribution in [2.45, 2.75) is 31.3 Å². The third-order valence-corrected chi connectivity index (χ3v) is 6.25. The van der Waals surface area contributed by atoms with Crippen LogP contribution < -0.4 is 11.1 Å². The van der Waals surface area contributed by atoms with E-state index in [1.165, 1.54) is 0 Å². The van der Waals surface area contributed by atoms with Crippen LogP contribution in [0.1, 0.15) is 42.0 Å². The fraction of sp³-hybridized carbons (Fsp3) is 0.200. The molecule has 0 aliphatic rings. The summed E-state index contributed by atoms with van der Waals surface area (Å²) in [7, 11) is 0. The van der Waals surface area contributed by atoms with Gasteiger partial charge in [0.15, 0.2) is 0 Å². The lowest BCUT2D eigenvalue weighted by Gasteiger charge is -2.14. The van der Waals surface area contributed by atoms with Crippen molar-refractivity contribution in [3.63, 3.8) is 0 Å². The van der Waals surface area contributed by atoms with Crippen LogP contribution in [0.2, 0.25) is 5.02 Å². The molecule has 0 radical (unpaired) electrons. The summed E-state index contributed by atoms with van der Waals surface area (Å²) >= 11 is 6.99. The van der Waals surface area contributed by atoms with E-state index in [0.717, 1.165) is 22.9 Å². The molecular formula is C25H22ClN5OS. The molecule has 1 heterocycles. The van der Waals surface area contributed by atoms with E-state index in [1.807, 2.05) is 36.4 Å². The van der Waals surface area contributed by atoms with Crippen molar-refractivity contribution in [2.24, 2.45) is 0 Å². The lowest BCUT2D eigenvalue weighted by molar-refractivity contribution is -0.118. The van der Waals surface area contributed by atoms with Crippen molar-refractivity contribution < 1.29 is 4.79 Å². The van der Waals surface area contributed by atoms with Crippen molar-refractivity contribution in [2.75, 3.05) is 11.5 Å². The monoisotopic (exact) mass is 475 g/mol. The summed E-state index contributed by atoms with van der Waals surface area (Å²) in [6.07, 6.45) is 0. The van der Waals surface area contributed by atoms with E-state index >= 15 is 0 Å². The first-order valence-electron chi connectivity index (χ1n) is 10.2. The summed E-state index contributed by atoms with van der Waals surface area (Å²) < 4.78 is 0. The molecule has 33 heavy (non-hydrogen) atoms. The first kappa shape index (κ1) is 24.1. The molecule has 3 aromatic rings. The summed E-state index contributed by atoms with van der Waals surface area (Å²) in [5.41, 5.74) is 9.64. The number of halogens is 1. The van der Waals surface area contributed by atoms with Crippen molar-refractivity contribution in [3.8, 4) is 23.3 Å². The Hall–Kier alpha value is -3.52. The summed E-state index contributed by atoms with van der Waals surface area (Å²) in [6, 6.07) is 19.1. The van der Waals surface area contributed by atoms with Gasteiger partial charge >= 0.3 is 0 Å². The number of nitriles is 2. The predicted octanol–water partition coefficient (Wildman–Crippen LogP) is 5.26. The van der Waals surface area contributed by atoms with Gasteiger partial charge < -0.3 is 11.1 Å². The summed E-state index contributed by atoms with van der Waals surface area (Å²) in [5, 5.41) is 23.3. The zero-order valence-electron chi connectivity index (χ0n) is 18.2. The van der Waals surface area contributed by atoms with Crippen LogP contribution in [-0.2, 0) is 11.3 Å². The number of anilines is 1. The zero-order valence-corrected chi connectivity index (χ0v) is 19.8. The molecule has 3 rings (SSSR count). The number of nitrogen functional groups attached to an aromatic ring is 1. The second-order valence-corrected chi connectivity index (χ2v) is 9.02. The number of carbonyl (C=O) groups excluding carboxylic acids is 1. The van der Waals surface area contributed by atoms with Gasteiger partial charge in [-0.1, -0.05) is 73.6 Å². The van der Waals surface area contributed by atoms with E-state index in [4.69, 9.17) is 17.3 Å². The van der Waals surface area contributed by atoms with E-state index in [9.17, 15) is 15.3 Å². The smallest absolute Gasteiger partial charge is 0.230 e. The van der Waals surface area contributed by atoms with Crippen molar-refractivity contribution >= 4 is 35.1 Å². The van der Waals surface area contributed by atoms with Gasteiger partial charge in [0.1, 0.15) is 28.5 Å². The third-order valence-electron chi connectivity index (χ3n) is 5.02. The third kappa shape index (κ3) is 5.84. The Morgan fingerprint density at radius 1 is 1.09 bits per heavy atom. The Morgan fingerprint density at radius 2 is 1.73 bits per heavy atom. The second-order valence-electron chi connectivity index (χ2n) is 7.62. The molecule has 0 saturated carbocycles. The van der Waals surface area contributed by atoms with Crippen LogP contribution in [0.5, 0.6) is 0 Å². The van der Waals surface area contributed by atoms with Crippen molar-refractivity contribution in [1.29, 1.82) is 10.5 Å². The minimum Gasteiger partial charge on any atom is -0.383 e. The molecule has 0 atom stereocenters. The number of pyridine rings is 1. The highest BCUT2D eigenvalue weighted by Gasteiger charge is 2.21. The highest BCUT2D eigenvalue weighted by Crippen LogP contribution is 2.36. The van der Waals surface area contributed by atoms with E-state index < -0.39 is 0 Å². The van der Waals surface area contributed by atoms with Gasteiger partial charge in [0, 0.05) is 17.1 Å². The number of rotatable bonds is 7. The zero-order chi connectivity index (χ0) is 24.0. The molecule has 0 aliphatic heterocycles. The van der Waals surface area contributed by atoms with E-state index in [0.29, 0.717) is 33.6 Å². The second kappa shape index (κ2) is 10.9. The maximum absolute atomic E-state index is 12.4. The molecule has 0 bridgehead atoms. The van der Waals surface area contributed by atoms with Crippen molar-refractivity contribution in [1.82, 2.24) is 10.3 Å². The predicted molar refractivity (Wildman–Crippen MR) is 132 cm³/mol. The van der Waals surface area contributed by atoms with Gasteiger partial charge in [0.25, 0.3) is 0 Å². The topological polar surface area (TPSA) is 116 Å². The van der Waals surface area contributed by atoms with Gasteiger partial charge in [0.2, 0.25) is 5.91 Å². The highest BCUT2D eigenvalue weighted by molar-refractivity contribution is 8.00. The quantitative estimate of drug-likeness (QED) is 0.450. The van der Waals surface area contributed by atoms with Gasteiger partial charge in [-0.2, -0.15) is 10.5 Å². The van der Waals surface area contributed by atoms with Crippen LogP contribution in [0.3, 0.4) is 0 Å². The number of hydrogen-bond acceptors (Lipinski definition) is 6. The average molecular weight is 476 g/mol. The maximum atomic E-state index is 12.4. The molecule has 1 amide bonds. The molecule has 6 nitrogen and oxygen atoms in total. The van der Waals surface area contributed by atoms with Gasteiger partial charge in [-0.05, 0) is 34.7 Å². The molecule has 0 unspecified atom stereocenters. The van der Waals surface area contributed by atoms with Crippen LogP contribution >= 0.6 is 23.4 Å². The minimum absolute atomic E-state index is 0.0310. The Labute approximate surface area is 202 Å². The number of nitrogens with zero attached hydrogens (tertiary/aromatic N) is 3. The van der Waals surface area contributed by atoms with Crippen molar-refractivity contribution in [3.05, 3.63) is 75.8 Å². The molecule has 166 valence electrons. The van der Waals surface area contributed by atoms with E-state index in [-0.39, 0.29) is 28.6 Å². The SMILES string of the molecule is CC(C)c1ccc(-c2c(C#N)c(N)nc(SCC(=O)NCc3ccc(Cl)cc3)c2C#N)cc1. The molecule has 0 spiro atoms. The number of carbonyl (C=O) groups is 1. The molecule has 0 saturated heterocycles. The fourth-order valence-corrected chi connectivity index (χ4v) is 4.16. The maximum Gasteiger partial charge on any atom is 0.230 e. The molecule has 2 aromatic carbocycles. The van der Waals surface area contributed by atoms with Crippen LogP contribution in [0.4, 0.5) is 5.82 Å². The minimum atomic E-state index is -0.216. The van der Waals surface area contributed by atoms with Gasteiger partial charge in [-0.25, -0.2) is 4.98 Å². The number of aromatic nitrogens is 1. The number of amides is 1. The number of nitrogens with one attached hydrogen (secondary N) is 1. The molecule has 1 aromatic heterocycles. The number of nitrogens with two attached hydrogens (primary N) is 1. The van der Waals surface area contributed by atoms with Crippen LogP contribution in [-0.4, -0.2) is 16.6 Å². The van der Waals surface area contributed by atoms with Crippen LogP contribution in [0.25, 0.3) is 11.1 Å². The van der Waals surface area contributed by atoms with Gasteiger partial charge in [-0.15, -0.1) is 0 Å². The Morgan fingerprint density at radius 3 is 2.30 bits per heavy atom. The summed E-state index contributed by atoms with van der Waals surface area (Å²) in [6.45, 7) is 4.54. The molecule has 0 aliphatic carbocycles. The molecule has 3 N–H and O–H groups in total. The van der Waals surface area contributed by atoms with Gasteiger partial charge in [-0.3, -0.25) is 4.79 Å². The number of benzene rings is 2.